The van der Waals surface area contributed by atoms with Gasteiger partial charge in [-0.05, 0) is 35.9 Å². The maximum atomic E-state index is 13.5. The molecule has 3 aromatic carbocycles. The van der Waals surface area contributed by atoms with Crippen LogP contribution in [0, 0.1) is 0 Å². The number of carbonyl (C=O) groups is 4. The number of Topliss-reactive ketones (excluding diaryl/α,β-unsaturated/α-hetero) is 1. The van der Waals surface area contributed by atoms with Crippen LogP contribution < -0.4 is 16.4 Å². The van der Waals surface area contributed by atoms with Crippen molar-refractivity contribution in [3.05, 3.63) is 76.1 Å². The lowest BCUT2D eigenvalue weighted by atomic mass is 9.82. The second kappa shape index (κ2) is 12.3. The number of benzene rings is 3. The van der Waals surface area contributed by atoms with Crippen molar-refractivity contribution in [3.63, 3.8) is 0 Å². The molecule has 1 aliphatic rings. The number of halogens is 1. The number of carboxylic acid groups (broad SMARTS) is 1. The molecular weight excluding hydrogens is 704 g/mol. The lowest BCUT2D eigenvalue weighted by Gasteiger charge is -2.24. The average molecular weight is 721 g/mol. The molecule has 0 saturated heterocycles. The van der Waals surface area contributed by atoms with E-state index in [2.05, 4.69) is 25.6 Å². The van der Waals surface area contributed by atoms with Crippen LogP contribution in [0.3, 0.4) is 0 Å². The minimum absolute atomic E-state index is 0.0221. The van der Waals surface area contributed by atoms with Crippen LogP contribution in [0.15, 0.2) is 63.5 Å². The molecule has 0 aliphatic heterocycles. The summed E-state index contributed by atoms with van der Waals surface area (Å²) in [5.41, 5.74) is 3.51. The number of hydrogen-bond acceptors (Lipinski definition) is 15. The molecule has 21 heteroatoms. The Balaban J connectivity index is 1.57. The summed E-state index contributed by atoms with van der Waals surface area (Å²) >= 11 is 6.50. The molecule has 0 radical (unpaired) electrons. The smallest absolute Gasteiger partial charge is 0.373 e. The van der Waals surface area contributed by atoms with Gasteiger partial charge in [-0.3, -0.25) is 23.5 Å². The van der Waals surface area contributed by atoms with Crippen LogP contribution in [0.25, 0.3) is 0 Å². The van der Waals surface area contributed by atoms with E-state index in [4.69, 9.17) is 22.4 Å². The van der Waals surface area contributed by atoms with Gasteiger partial charge in [-0.2, -0.15) is 31.8 Å². The van der Waals surface area contributed by atoms with Crippen molar-refractivity contribution in [1.82, 2.24) is 15.0 Å². The lowest BCUT2D eigenvalue weighted by molar-refractivity contribution is -0.147. The lowest BCUT2D eigenvalue weighted by Crippen LogP contribution is -2.25. The number of aromatic nitrogens is 3. The van der Waals surface area contributed by atoms with E-state index in [0.717, 1.165) is 18.2 Å². The second-order valence-electron chi connectivity index (χ2n) is 9.43. The number of nitrogens with two attached hydrogens (primary N) is 1. The fourth-order valence-corrected chi connectivity index (χ4v) is 6.66. The highest BCUT2D eigenvalue weighted by Crippen LogP contribution is 2.40. The number of nitrogens with zero attached hydrogens (tertiary/aromatic N) is 3. The van der Waals surface area contributed by atoms with Gasteiger partial charge in [0, 0.05) is 16.8 Å². The number of rotatable bonds is 10. The molecule has 5 rings (SSSR count). The summed E-state index contributed by atoms with van der Waals surface area (Å²) in [6.07, 6.45) is 0. The molecule has 7 N–H and O–H groups in total. The van der Waals surface area contributed by atoms with E-state index in [1.54, 1.807) is 0 Å². The number of carbonyl (C=O) groups excluding carboxylic acids is 3. The number of fused-ring (bicyclic) bond motifs is 2. The molecule has 0 bridgehead atoms. The molecule has 1 aliphatic carbocycles. The van der Waals surface area contributed by atoms with Gasteiger partial charge in [0.25, 0.3) is 20.2 Å². The zero-order chi connectivity index (χ0) is 34.4. The van der Waals surface area contributed by atoms with Gasteiger partial charge >= 0.3 is 5.97 Å². The molecular formula is C26H17ClN6O11S3. The Bertz CT molecular complexity index is 2280. The maximum absolute atomic E-state index is 13.5. The van der Waals surface area contributed by atoms with Crippen molar-refractivity contribution in [2.45, 2.75) is 14.9 Å². The molecule has 0 atom stereocenters. The van der Waals surface area contributed by atoms with Crippen LogP contribution in [0.5, 0.6) is 0 Å². The number of thioether (sulfide) groups is 1. The highest BCUT2D eigenvalue weighted by Gasteiger charge is 2.36. The van der Waals surface area contributed by atoms with Gasteiger partial charge < -0.3 is 21.5 Å². The molecule has 47 heavy (non-hydrogen) atoms. The summed E-state index contributed by atoms with van der Waals surface area (Å²) in [5, 5.41) is 13.3. The molecule has 242 valence electrons. The Morgan fingerprint density at radius 3 is 2.04 bits per heavy atom. The first-order valence-corrected chi connectivity index (χ1v) is 16.8. The van der Waals surface area contributed by atoms with Gasteiger partial charge in [-0.1, -0.05) is 36.0 Å². The summed E-state index contributed by atoms with van der Waals surface area (Å²) in [6.45, 7) is 0. The third-order valence-corrected chi connectivity index (χ3v) is 9.22. The summed E-state index contributed by atoms with van der Waals surface area (Å²) in [4.78, 5) is 58.9. The molecule has 0 unspecified atom stereocenters. The number of hydrogen-bond donors (Lipinski definition) is 6. The van der Waals surface area contributed by atoms with Gasteiger partial charge in [-0.25, -0.2) is 4.79 Å². The zero-order valence-electron chi connectivity index (χ0n) is 23.0. The third-order valence-electron chi connectivity index (χ3n) is 6.42. The molecule has 0 amide bonds. The average Bonchev–Trinajstić information content (AvgIpc) is 2.98. The first-order chi connectivity index (χ1) is 22.0. The van der Waals surface area contributed by atoms with E-state index < -0.39 is 75.6 Å². The van der Waals surface area contributed by atoms with Crippen molar-refractivity contribution < 1.29 is 50.2 Å². The van der Waals surface area contributed by atoms with Gasteiger partial charge in [0.1, 0.15) is 9.79 Å². The van der Waals surface area contributed by atoms with Crippen LogP contribution >= 0.6 is 23.4 Å². The molecule has 1 heterocycles. The monoisotopic (exact) mass is 720 g/mol. The summed E-state index contributed by atoms with van der Waals surface area (Å²) < 4.78 is 69.0. The highest BCUT2D eigenvalue weighted by atomic mass is 35.5. The number of carboxylic acids is 1. The number of aliphatic carboxylic acids is 1. The molecule has 17 nitrogen and oxygen atoms in total. The highest BCUT2D eigenvalue weighted by molar-refractivity contribution is 7.99. The number of anilines is 5. The fourth-order valence-electron chi connectivity index (χ4n) is 4.44. The molecule has 4 aromatic rings. The largest absolute Gasteiger partial charge is 0.475 e. The standard InChI is InChI=1S/C26H17ClN6O11S3/c27-24-31-25(33-26(32-24)45-9-15(34)23(37)38)30-13-6-5-10(7-16(13)46(39,40)41)29-14-8-17(47(42,43)44)20(28)19-18(14)21(35)11-3-1-2-4-12(11)22(19)36/h1-8,29H,9,28H2,(H,37,38)(H,39,40,41)(H,42,43,44)(H,30,31,32,33). The molecule has 0 saturated carbocycles. The Labute approximate surface area is 273 Å². The molecule has 0 fully saturated rings. The normalized spacial score (nSPS) is 12.7. The fraction of sp³-hybridized carbons (Fsp3) is 0.0385. The molecule has 1 aromatic heterocycles. The first kappa shape index (κ1) is 33.4. The Hall–Kier alpha value is -4.99. The second-order valence-corrected chi connectivity index (χ2v) is 13.5. The number of ketones is 3. The van der Waals surface area contributed by atoms with Crippen LogP contribution in [-0.4, -0.2) is 75.1 Å². The van der Waals surface area contributed by atoms with E-state index in [0.29, 0.717) is 11.8 Å². The van der Waals surface area contributed by atoms with Gasteiger partial charge in [0.2, 0.25) is 17.0 Å². The van der Waals surface area contributed by atoms with Gasteiger partial charge in [0.05, 0.1) is 33.9 Å². The van der Waals surface area contributed by atoms with E-state index >= 15 is 0 Å². The molecule has 0 spiro atoms. The zero-order valence-corrected chi connectivity index (χ0v) is 26.2. The Morgan fingerprint density at radius 2 is 1.45 bits per heavy atom. The number of nitrogen functional groups attached to an aromatic ring is 1. The minimum Gasteiger partial charge on any atom is -0.475 e. The van der Waals surface area contributed by atoms with Crippen molar-refractivity contribution in [1.29, 1.82) is 0 Å². The predicted molar refractivity (Wildman–Crippen MR) is 165 cm³/mol. The van der Waals surface area contributed by atoms with Crippen molar-refractivity contribution in [2.24, 2.45) is 0 Å². The van der Waals surface area contributed by atoms with E-state index in [1.807, 2.05) is 0 Å². The Morgan fingerprint density at radius 1 is 0.830 bits per heavy atom. The van der Waals surface area contributed by atoms with Crippen molar-refractivity contribution in [2.75, 3.05) is 22.1 Å². The van der Waals surface area contributed by atoms with Crippen LogP contribution in [-0.2, 0) is 29.8 Å². The number of nitrogens with one attached hydrogen (secondary N) is 2. The third kappa shape index (κ3) is 6.77. The van der Waals surface area contributed by atoms with Crippen molar-refractivity contribution in [3.8, 4) is 0 Å². The first-order valence-electron chi connectivity index (χ1n) is 12.5. The minimum atomic E-state index is -5.05. The van der Waals surface area contributed by atoms with Crippen molar-refractivity contribution >= 4 is 95.6 Å². The van der Waals surface area contributed by atoms with Gasteiger partial charge in [0.15, 0.2) is 16.7 Å². The van der Waals surface area contributed by atoms with E-state index in [-0.39, 0.29) is 44.9 Å². The van der Waals surface area contributed by atoms with Crippen LogP contribution in [0.4, 0.5) is 28.7 Å². The van der Waals surface area contributed by atoms with Crippen LogP contribution in [0.1, 0.15) is 31.8 Å². The van der Waals surface area contributed by atoms with E-state index in [1.165, 1.54) is 30.3 Å². The van der Waals surface area contributed by atoms with Crippen LogP contribution in [0.2, 0.25) is 5.28 Å². The summed E-state index contributed by atoms with van der Waals surface area (Å²) in [7, 11) is -10.1. The van der Waals surface area contributed by atoms with E-state index in [9.17, 15) is 45.1 Å². The topological polar surface area (TPSA) is 286 Å². The Kier molecular flexibility index (Phi) is 8.75. The maximum Gasteiger partial charge on any atom is 0.373 e. The summed E-state index contributed by atoms with van der Waals surface area (Å²) in [5.74, 6) is -5.30. The van der Waals surface area contributed by atoms with Gasteiger partial charge in [-0.15, -0.1) is 0 Å². The summed E-state index contributed by atoms with van der Waals surface area (Å²) in [6, 6.07) is 9.69. The predicted octanol–water partition coefficient (Wildman–Crippen LogP) is 2.61. The SMILES string of the molecule is Nc1c(S(=O)(=O)O)cc(Nc2ccc(Nc3nc(Cl)nc(SCC(=O)C(=O)O)n3)c(S(=O)(=O)O)c2)c2c1C(=O)c1ccccc1C2=O. The quantitative estimate of drug-likeness (QED) is 0.0523.